The molecule has 38 heavy (non-hydrogen) atoms. The van der Waals surface area contributed by atoms with Gasteiger partial charge < -0.3 is 0 Å². The number of ketones is 2. The van der Waals surface area contributed by atoms with Crippen molar-refractivity contribution in [3.63, 3.8) is 0 Å². The minimum atomic E-state index is -0.155. The number of anilines is 3. The van der Waals surface area contributed by atoms with Gasteiger partial charge in [-0.05, 0) is 52.9 Å². The molecule has 3 heterocycles. The van der Waals surface area contributed by atoms with Crippen LogP contribution in [0.3, 0.4) is 0 Å². The number of carbonyl (C=O) groups excluding carboxylic acids is 2. The largest absolute Gasteiger partial charge is 0.295 e. The van der Waals surface area contributed by atoms with E-state index in [1.54, 1.807) is 22.5 Å². The van der Waals surface area contributed by atoms with Gasteiger partial charge in [-0.3, -0.25) is 14.5 Å². The first-order chi connectivity index (χ1) is 18.4. The Morgan fingerprint density at radius 2 is 1.50 bits per heavy atom. The average molecular weight is 533 g/mol. The van der Waals surface area contributed by atoms with Crippen LogP contribution in [0.15, 0.2) is 106 Å². The number of pyridine rings is 1. The van der Waals surface area contributed by atoms with Crippen LogP contribution in [0.2, 0.25) is 0 Å². The maximum Gasteiger partial charge on any atom is 0.198 e. The number of aromatic nitrogens is 1. The topological polar surface area (TPSA) is 50.3 Å². The molecule has 0 spiro atoms. The molecule has 0 radical (unpaired) electrons. The SMILES string of the molecule is CC1(C)c2cc(N(c3ccccc3)c3ccccc3)ncc2C2SC(C=C3C(=O)c4cscc4C3=O)=CC21. The maximum absolute atomic E-state index is 12.8. The predicted octanol–water partition coefficient (Wildman–Crippen LogP) is 8.20. The molecule has 0 amide bonds. The van der Waals surface area contributed by atoms with Crippen molar-refractivity contribution in [1.29, 1.82) is 0 Å². The first-order valence-corrected chi connectivity index (χ1v) is 14.4. The van der Waals surface area contributed by atoms with Gasteiger partial charge in [0.05, 0.1) is 5.57 Å². The number of thioether (sulfide) groups is 1. The quantitative estimate of drug-likeness (QED) is 0.196. The minimum Gasteiger partial charge on any atom is -0.295 e. The zero-order chi connectivity index (χ0) is 26.0. The number of fused-ring (bicyclic) bond motifs is 4. The minimum absolute atomic E-state index is 0.133. The number of para-hydroxylation sites is 2. The number of thiophene rings is 1. The van der Waals surface area contributed by atoms with Crippen LogP contribution < -0.4 is 4.90 Å². The normalized spacial score (nSPS) is 20.7. The van der Waals surface area contributed by atoms with Crippen LogP contribution in [0.1, 0.15) is 50.9 Å². The molecule has 0 fully saturated rings. The second-order valence-electron chi connectivity index (χ2n) is 10.4. The first kappa shape index (κ1) is 23.4. The molecule has 2 unspecified atom stereocenters. The zero-order valence-corrected chi connectivity index (χ0v) is 22.6. The number of hydrogen-bond donors (Lipinski definition) is 0. The number of carbonyl (C=O) groups is 2. The Morgan fingerprint density at radius 1 is 0.895 bits per heavy atom. The molecule has 7 rings (SSSR count). The van der Waals surface area contributed by atoms with Crippen molar-refractivity contribution in [1.82, 2.24) is 4.98 Å². The Labute approximate surface area is 229 Å². The lowest BCUT2D eigenvalue weighted by Gasteiger charge is -2.28. The van der Waals surface area contributed by atoms with Crippen LogP contribution in [0.25, 0.3) is 0 Å². The van der Waals surface area contributed by atoms with Gasteiger partial charge in [-0.2, -0.15) is 11.3 Å². The van der Waals surface area contributed by atoms with Crippen LogP contribution in [0, 0.1) is 5.92 Å². The van der Waals surface area contributed by atoms with Crippen molar-refractivity contribution in [3.05, 3.63) is 129 Å². The summed E-state index contributed by atoms with van der Waals surface area (Å²) < 4.78 is 0. The summed E-state index contributed by atoms with van der Waals surface area (Å²) in [5.41, 5.74) is 5.87. The van der Waals surface area contributed by atoms with E-state index < -0.39 is 0 Å². The van der Waals surface area contributed by atoms with Crippen LogP contribution in [0.5, 0.6) is 0 Å². The van der Waals surface area contributed by atoms with Crippen LogP contribution in [0.4, 0.5) is 17.2 Å². The van der Waals surface area contributed by atoms with Gasteiger partial charge in [-0.25, -0.2) is 4.98 Å². The zero-order valence-electron chi connectivity index (χ0n) is 20.9. The lowest BCUT2D eigenvalue weighted by Crippen LogP contribution is -2.22. The summed E-state index contributed by atoms with van der Waals surface area (Å²) in [6.45, 7) is 4.57. The molecular weight excluding hydrogens is 508 g/mol. The molecule has 186 valence electrons. The highest BCUT2D eigenvalue weighted by Gasteiger charge is 2.49. The van der Waals surface area contributed by atoms with Gasteiger partial charge in [0.1, 0.15) is 5.82 Å². The third-order valence-corrected chi connectivity index (χ3v) is 9.94. The van der Waals surface area contributed by atoms with E-state index in [0.717, 1.165) is 22.1 Å². The Hall–Kier alpha value is -3.74. The fourth-order valence-electron chi connectivity index (χ4n) is 5.87. The Kier molecular flexibility index (Phi) is 5.32. The van der Waals surface area contributed by atoms with Crippen molar-refractivity contribution in [2.24, 2.45) is 5.92 Å². The van der Waals surface area contributed by atoms with Crippen LogP contribution in [-0.4, -0.2) is 16.6 Å². The Morgan fingerprint density at radius 3 is 2.11 bits per heavy atom. The first-order valence-electron chi connectivity index (χ1n) is 12.6. The van der Waals surface area contributed by atoms with Gasteiger partial charge in [-0.15, -0.1) is 11.8 Å². The van der Waals surface area contributed by atoms with Gasteiger partial charge in [0.25, 0.3) is 0 Å². The van der Waals surface area contributed by atoms with E-state index >= 15 is 0 Å². The highest BCUT2D eigenvalue weighted by molar-refractivity contribution is 8.03. The molecule has 2 aromatic heterocycles. The highest BCUT2D eigenvalue weighted by Crippen LogP contribution is 2.62. The van der Waals surface area contributed by atoms with E-state index in [9.17, 15) is 9.59 Å². The predicted molar refractivity (Wildman–Crippen MR) is 155 cm³/mol. The maximum atomic E-state index is 12.8. The summed E-state index contributed by atoms with van der Waals surface area (Å²) >= 11 is 3.14. The molecule has 4 nitrogen and oxygen atoms in total. The molecule has 1 aliphatic heterocycles. The number of hydrogen-bond acceptors (Lipinski definition) is 6. The number of rotatable bonds is 4. The molecule has 4 aromatic rings. The lowest BCUT2D eigenvalue weighted by molar-refractivity contribution is 0.0988. The summed E-state index contributed by atoms with van der Waals surface area (Å²) in [5, 5.41) is 3.76. The number of benzene rings is 2. The lowest BCUT2D eigenvalue weighted by atomic mass is 9.78. The molecule has 2 aliphatic carbocycles. The second kappa shape index (κ2) is 8.65. The molecule has 0 saturated heterocycles. The third kappa shape index (κ3) is 3.47. The van der Waals surface area contributed by atoms with Crippen molar-refractivity contribution in [3.8, 4) is 0 Å². The third-order valence-electron chi connectivity index (χ3n) is 7.87. The number of allylic oxidation sites excluding steroid dienone is 3. The molecule has 0 bridgehead atoms. The average Bonchev–Trinajstić information content (AvgIpc) is 3.68. The smallest absolute Gasteiger partial charge is 0.198 e. The molecule has 0 N–H and O–H groups in total. The van der Waals surface area contributed by atoms with Gasteiger partial charge in [0.15, 0.2) is 11.6 Å². The standard InChI is InChI=1S/C32H24N2O2S2/c1-32(2)26-15-28(34(19-9-5-3-6-10-19)20-11-7-4-8-12-20)33-16-23(26)31-27(32)14-21(38-31)13-22-29(35)24-17-37-18-25(24)30(22)36/h3-18,27,31H,1-2H3. The number of Topliss-reactive ketones (excluding diaryl/α,β-unsaturated/α-hetero) is 2. The van der Waals surface area contributed by atoms with Crippen molar-refractivity contribution < 1.29 is 9.59 Å². The van der Waals surface area contributed by atoms with Gasteiger partial charge in [0, 0.05) is 55.5 Å². The molecule has 2 aromatic carbocycles. The van der Waals surface area contributed by atoms with Gasteiger partial charge in [0.2, 0.25) is 0 Å². The van der Waals surface area contributed by atoms with Gasteiger partial charge in [-0.1, -0.05) is 56.3 Å². The monoisotopic (exact) mass is 532 g/mol. The summed E-state index contributed by atoms with van der Waals surface area (Å²) in [7, 11) is 0. The van der Waals surface area contributed by atoms with Crippen molar-refractivity contribution in [2.75, 3.05) is 4.90 Å². The molecule has 2 atom stereocenters. The van der Waals surface area contributed by atoms with Gasteiger partial charge >= 0.3 is 0 Å². The number of nitrogens with zero attached hydrogens (tertiary/aromatic N) is 2. The molecular formula is C32H24N2O2S2. The van der Waals surface area contributed by atoms with E-state index in [4.69, 9.17) is 4.98 Å². The molecule has 3 aliphatic rings. The van der Waals surface area contributed by atoms with E-state index in [1.165, 1.54) is 22.5 Å². The van der Waals surface area contributed by atoms with E-state index in [-0.39, 0.29) is 33.7 Å². The summed E-state index contributed by atoms with van der Waals surface area (Å²) in [4.78, 5) is 33.8. The van der Waals surface area contributed by atoms with Crippen LogP contribution in [-0.2, 0) is 5.41 Å². The fourth-order valence-corrected chi connectivity index (χ4v) is 8.27. The fraction of sp³-hybridized carbons (Fsp3) is 0.156. The summed E-state index contributed by atoms with van der Waals surface area (Å²) in [6, 6.07) is 22.9. The van der Waals surface area contributed by atoms with E-state index in [1.807, 2.05) is 48.7 Å². The van der Waals surface area contributed by atoms with Crippen molar-refractivity contribution >= 4 is 51.9 Å². The van der Waals surface area contributed by atoms with E-state index in [0.29, 0.717) is 11.1 Å². The molecule has 6 heteroatoms. The Bertz CT molecular complexity index is 1600. The van der Waals surface area contributed by atoms with Crippen LogP contribution >= 0.6 is 23.1 Å². The summed E-state index contributed by atoms with van der Waals surface area (Å²) in [6.07, 6.45) is 6.08. The Balaban J connectivity index is 1.25. The van der Waals surface area contributed by atoms with E-state index in [2.05, 4.69) is 55.2 Å². The highest BCUT2D eigenvalue weighted by atomic mass is 32.2. The molecule has 0 saturated carbocycles. The van der Waals surface area contributed by atoms with Crippen molar-refractivity contribution in [2.45, 2.75) is 24.5 Å². The summed E-state index contributed by atoms with van der Waals surface area (Å²) in [5.74, 6) is 0.822. The second-order valence-corrected chi connectivity index (χ2v) is 12.4.